The van der Waals surface area contributed by atoms with Gasteiger partial charge in [-0.1, -0.05) is 0 Å². The maximum absolute atomic E-state index is 6.02. The maximum Gasteiger partial charge on any atom is 0.229 e. The molecule has 0 aliphatic heterocycles. The van der Waals surface area contributed by atoms with Crippen molar-refractivity contribution in [2.45, 2.75) is 26.9 Å². The second-order valence-electron chi connectivity index (χ2n) is 4.99. The molecule has 23 heavy (non-hydrogen) atoms. The molecule has 3 heterocycles. The van der Waals surface area contributed by atoms with Crippen molar-refractivity contribution in [3.63, 3.8) is 0 Å². The lowest BCUT2D eigenvalue weighted by molar-refractivity contribution is 0.660. The van der Waals surface area contributed by atoms with Crippen LogP contribution in [0.25, 0.3) is 11.3 Å². The van der Waals surface area contributed by atoms with Crippen LogP contribution in [0.1, 0.15) is 13.8 Å². The molecule has 0 aliphatic carbocycles. The molecule has 0 bridgehead atoms. The fourth-order valence-electron chi connectivity index (χ4n) is 2.15. The molecule has 0 aliphatic rings. The first-order chi connectivity index (χ1) is 11.1. The van der Waals surface area contributed by atoms with E-state index in [-0.39, 0.29) is 5.82 Å². The summed E-state index contributed by atoms with van der Waals surface area (Å²) in [6, 6.07) is 0. The van der Waals surface area contributed by atoms with E-state index < -0.39 is 0 Å². The third kappa shape index (κ3) is 2.93. The van der Waals surface area contributed by atoms with Gasteiger partial charge in [-0.3, -0.25) is 9.36 Å². The minimum Gasteiger partial charge on any atom is -0.394 e. The Morgan fingerprint density at radius 2 is 1.70 bits per heavy atom. The maximum atomic E-state index is 6.02. The molecule has 0 spiro atoms. The molecule has 0 fully saturated rings. The number of anilines is 4. The van der Waals surface area contributed by atoms with Gasteiger partial charge in [-0.25, -0.2) is 4.98 Å². The smallest absolute Gasteiger partial charge is 0.229 e. The first-order valence-electron chi connectivity index (χ1n) is 7.36. The largest absolute Gasteiger partial charge is 0.394 e. The summed E-state index contributed by atoms with van der Waals surface area (Å²) in [6.45, 7) is 5.57. The molecule has 0 amide bonds. The standard InChI is InChI=1S/C14H19N9/c1-3-22-7-9(5-17-22)12-11(15)13(16)21-14(20-12)19-10-6-18-23(4-2)8-10/h5-8H,3-4,15H2,1-2H3,(H3,16,19,20,21). The van der Waals surface area contributed by atoms with E-state index in [1.165, 1.54) is 0 Å². The quantitative estimate of drug-likeness (QED) is 0.651. The zero-order chi connectivity index (χ0) is 16.4. The number of rotatable bonds is 5. The Labute approximate surface area is 133 Å². The second-order valence-corrected chi connectivity index (χ2v) is 4.99. The topological polar surface area (TPSA) is 125 Å². The van der Waals surface area contributed by atoms with Gasteiger partial charge in [0.05, 0.1) is 18.1 Å². The molecule has 3 aromatic heterocycles. The molecule has 0 saturated carbocycles. The van der Waals surface area contributed by atoms with Crippen molar-refractivity contribution >= 4 is 23.1 Å². The van der Waals surface area contributed by atoms with E-state index in [0.717, 1.165) is 24.3 Å². The van der Waals surface area contributed by atoms with Gasteiger partial charge in [-0.2, -0.15) is 15.2 Å². The van der Waals surface area contributed by atoms with Crippen LogP contribution in [-0.2, 0) is 13.1 Å². The molecule has 0 saturated heterocycles. The highest BCUT2D eigenvalue weighted by Gasteiger charge is 2.14. The van der Waals surface area contributed by atoms with Gasteiger partial charge in [0, 0.05) is 31.0 Å². The van der Waals surface area contributed by atoms with Crippen molar-refractivity contribution in [2.75, 3.05) is 16.8 Å². The van der Waals surface area contributed by atoms with E-state index >= 15 is 0 Å². The number of aryl methyl sites for hydroxylation is 2. The molecular formula is C14H19N9. The third-order valence-electron chi connectivity index (χ3n) is 3.42. The number of hydrogen-bond acceptors (Lipinski definition) is 7. The normalized spacial score (nSPS) is 10.9. The number of nitrogens with zero attached hydrogens (tertiary/aromatic N) is 6. The minimum absolute atomic E-state index is 0.227. The molecular weight excluding hydrogens is 294 g/mol. The van der Waals surface area contributed by atoms with E-state index in [1.807, 2.05) is 26.2 Å². The van der Waals surface area contributed by atoms with Crippen LogP contribution >= 0.6 is 0 Å². The van der Waals surface area contributed by atoms with Gasteiger partial charge in [-0.15, -0.1) is 0 Å². The summed E-state index contributed by atoms with van der Waals surface area (Å²) in [5.41, 5.74) is 14.4. The summed E-state index contributed by atoms with van der Waals surface area (Å²) in [5, 5.41) is 11.5. The van der Waals surface area contributed by atoms with Gasteiger partial charge in [0.2, 0.25) is 5.95 Å². The van der Waals surface area contributed by atoms with Crippen LogP contribution in [0.3, 0.4) is 0 Å². The number of nitrogen functional groups attached to an aromatic ring is 2. The molecule has 0 atom stereocenters. The van der Waals surface area contributed by atoms with Gasteiger partial charge >= 0.3 is 0 Å². The molecule has 3 aromatic rings. The van der Waals surface area contributed by atoms with Crippen molar-refractivity contribution in [1.82, 2.24) is 29.5 Å². The SMILES string of the molecule is CCn1cc(Nc2nc(N)c(N)c(-c3cnn(CC)c3)n2)cn1. The summed E-state index contributed by atoms with van der Waals surface area (Å²) < 4.78 is 3.60. The molecule has 120 valence electrons. The minimum atomic E-state index is 0.227. The molecule has 0 unspecified atom stereocenters. The van der Waals surface area contributed by atoms with E-state index in [0.29, 0.717) is 17.3 Å². The average molecular weight is 313 g/mol. The lowest BCUT2D eigenvalue weighted by Gasteiger charge is -2.09. The molecule has 9 nitrogen and oxygen atoms in total. The number of hydrogen-bond donors (Lipinski definition) is 3. The lowest BCUT2D eigenvalue weighted by Crippen LogP contribution is -2.06. The fourth-order valence-corrected chi connectivity index (χ4v) is 2.15. The van der Waals surface area contributed by atoms with Crippen molar-refractivity contribution in [3.8, 4) is 11.3 Å². The summed E-state index contributed by atoms with van der Waals surface area (Å²) >= 11 is 0. The van der Waals surface area contributed by atoms with Crippen LogP contribution in [0, 0.1) is 0 Å². The first-order valence-corrected chi connectivity index (χ1v) is 7.36. The van der Waals surface area contributed by atoms with Crippen LogP contribution in [0.5, 0.6) is 0 Å². The van der Waals surface area contributed by atoms with Crippen LogP contribution in [0.15, 0.2) is 24.8 Å². The van der Waals surface area contributed by atoms with Gasteiger partial charge in [0.1, 0.15) is 11.4 Å². The Kier molecular flexibility index (Phi) is 3.83. The van der Waals surface area contributed by atoms with Crippen LogP contribution in [0.4, 0.5) is 23.1 Å². The van der Waals surface area contributed by atoms with Gasteiger partial charge in [0.15, 0.2) is 5.82 Å². The predicted octanol–water partition coefficient (Wildman–Crippen LogP) is 1.48. The van der Waals surface area contributed by atoms with Crippen LogP contribution in [-0.4, -0.2) is 29.5 Å². The van der Waals surface area contributed by atoms with Crippen molar-refractivity contribution in [3.05, 3.63) is 24.8 Å². The zero-order valence-electron chi connectivity index (χ0n) is 13.1. The number of nitrogens with two attached hydrogens (primary N) is 2. The van der Waals surface area contributed by atoms with Gasteiger partial charge in [-0.05, 0) is 13.8 Å². The highest BCUT2D eigenvalue weighted by molar-refractivity contribution is 5.80. The highest BCUT2D eigenvalue weighted by Crippen LogP contribution is 2.29. The Hall–Kier alpha value is -3.10. The molecule has 0 aromatic carbocycles. The van der Waals surface area contributed by atoms with E-state index in [9.17, 15) is 0 Å². The van der Waals surface area contributed by atoms with E-state index in [1.54, 1.807) is 21.8 Å². The Morgan fingerprint density at radius 3 is 2.35 bits per heavy atom. The lowest BCUT2D eigenvalue weighted by atomic mass is 10.2. The third-order valence-corrected chi connectivity index (χ3v) is 3.42. The number of nitrogens with one attached hydrogen (secondary N) is 1. The number of aromatic nitrogens is 6. The molecule has 0 radical (unpaired) electrons. The predicted molar refractivity (Wildman–Crippen MR) is 88.9 cm³/mol. The zero-order valence-corrected chi connectivity index (χ0v) is 13.1. The molecule has 9 heteroatoms. The average Bonchev–Trinajstić information content (AvgIpc) is 3.19. The van der Waals surface area contributed by atoms with Crippen LogP contribution in [0.2, 0.25) is 0 Å². The molecule has 3 rings (SSSR count). The Balaban J connectivity index is 1.95. The summed E-state index contributed by atoms with van der Waals surface area (Å²) in [7, 11) is 0. The van der Waals surface area contributed by atoms with Crippen molar-refractivity contribution in [2.24, 2.45) is 0 Å². The van der Waals surface area contributed by atoms with E-state index in [4.69, 9.17) is 11.5 Å². The van der Waals surface area contributed by atoms with E-state index in [2.05, 4.69) is 25.5 Å². The van der Waals surface area contributed by atoms with Crippen molar-refractivity contribution < 1.29 is 0 Å². The van der Waals surface area contributed by atoms with Crippen LogP contribution < -0.4 is 16.8 Å². The van der Waals surface area contributed by atoms with Gasteiger partial charge < -0.3 is 16.8 Å². The second kappa shape index (κ2) is 5.95. The first kappa shape index (κ1) is 14.8. The summed E-state index contributed by atoms with van der Waals surface area (Å²) in [5.74, 6) is 0.594. The fraction of sp³-hybridized carbons (Fsp3) is 0.286. The van der Waals surface area contributed by atoms with Crippen molar-refractivity contribution in [1.29, 1.82) is 0 Å². The Bertz CT molecular complexity index is 818. The van der Waals surface area contributed by atoms with Gasteiger partial charge in [0.25, 0.3) is 0 Å². The summed E-state index contributed by atoms with van der Waals surface area (Å²) in [4.78, 5) is 8.65. The highest BCUT2D eigenvalue weighted by atomic mass is 15.3. The molecule has 5 N–H and O–H groups in total. The monoisotopic (exact) mass is 313 g/mol. The summed E-state index contributed by atoms with van der Waals surface area (Å²) in [6.07, 6.45) is 7.15. The Morgan fingerprint density at radius 1 is 1.00 bits per heavy atom.